The minimum absolute atomic E-state index is 0.0470. The van der Waals surface area contributed by atoms with Crippen LogP contribution in [0, 0.1) is 16.0 Å². The summed E-state index contributed by atoms with van der Waals surface area (Å²) in [4.78, 5) is 21.1. The number of nitrogens with zero attached hydrogens (tertiary/aromatic N) is 2. The third kappa shape index (κ3) is 3.31. The van der Waals surface area contributed by atoms with Crippen LogP contribution in [-0.2, 0) is 14.8 Å². The van der Waals surface area contributed by atoms with Gasteiger partial charge in [-0.25, -0.2) is 8.42 Å². The third-order valence-electron chi connectivity index (χ3n) is 3.95. The number of aliphatic carboxylic acids is 1. The Balaban J connectivity index is 2.50. The number of carbonyl (C=O) groups is 1. The number of hydrogen-bond acceptors (Lipinski definition) is 5. The topological polar surface area (TPSA) is 118 Å². The zero-order valence-electron chi connectivity index (χ0n) is 12.2. The molecule has 0 bridgehead atoms. The van der Waals surface area contributed by atoms with Gasteiger partial charge in [0, 0.05) is 23.7 Å². The van der Waals surface area contributed by atoms with Crippen LogP contribution in [0.4, 0.5) is 5.69 Å². The Labute approximate surface area is 137 Å². The molecule has 0 amide bonds. The Morgan fingerprint density at radius 3 is 2.70 bits per heavy atom. The first-order valence-corrected chi connectivity index (χ1v) is 8.66. The standard InChI is InChI=1S/C13H15ClN2O6S/c1-8-10(13(17)18)3-2-6-15(8)23(21,22)12-5-4-9(14)7-11(12)16(19)20/h4-5,7-8,10H,2-3,6H2,1H3,(H,17,18)/t8-,10-/m1/s1. The number of benzene rings is 1. The molecule has 1 aliphatic rings. The maximum absolute atomic E-state index is 12.8. The molecule has 23 heavy (non-hydrogen) atoms. The molecule has 0 unspecified atom stereocenters. The van der Waals surface area contributed by atoms with Crippen molar-refractivity contribution in [2.24, 2.45) is 5.92 Å². The number of halogens is 1. The lowest BCUT2D eigenvalue weighted by molar-refractivity contribution is -0.387. The van der Waals surface area contributed by atoms with Crippen molar-refractivity contribution in [2.45, 2.75) is 30.7 Å². The van der Waals surface area contributed by atoms with E-state index in [4.69, 9.17) is 11.6 Å². The normalized spacial score (nSPS) is 22.7. The molecule has 1 saturated heterocycles. The van der Waals surface area contributed by atoms with E-state index in [2.05, 4.69) is 0 Å². The fourth-order valence-electron chi connectivity index (χ4n) is 2.76. The lowest BCUT2D eigenvalue weighted by Crippen LogP contribution is -2.49. The van der Waals surface area contributed by atoms with Gasteiger partial charge in [0.05, 0.1) is 10.8 Å². The smallest absolute Gasteiger partial charge is 0.308 e. The highest BCUT2D eigenvalue weighted by Crippen LogP contribution is 2.34. The Morgan fingerprint density at radius 2 is 2.13 bits per heavy atom. The molecule has 1 aliphatic heterocycles. The van der Waals surface area contributed by atoms with Crippen LogP contribution in [0.15, 0.2) is 23.1 Å². The fraction of sp³-hybridized carbons (Fsp3) is 0.462. The number of hydrogen-bond donors (Lipinski definition) is 1. The Kier molecular flexibility index (Phi) is 4.92. The quantitative estimate of drug-likeness (QED) is 0.647. The van der Waals surface area contributed by atoms with Crippen LogP contribution in [-0.4, -0.2) is 41.3 Å². The highest BCUT2D eigenvalue weighted by Gasteiger charge is 2.41. The van der Waals surface area contributed by atoms with E-state index in [1.807, 2.05) is 0 Å². The summed E-state index contributed by atoms with van der Waals surface area (Å²) in [6, 6.07) is 2.51. The van der Waals surface area contributed by atoms with Crippen LogP contribution in [0.2, 0.25) is 5.02 Å². The first-order valence-electron chi connectivity index (χ1n) is 6.85. The number of carboxylic acids is 1. The third-order valence-corrected chi connectivity index (χ3v) is 6.22. The molecule has 0 spiro atoms. The van der Waals surface area contributed by atoms with Crippen molar-refractivity contribution in [3.8, 4) is 0 Å². The molecule has 1 N–H and O–H groups in total. The van der Waals surface area contributed by atoms with E-state index >= 15 is 0 Å². The second-order valence-corrected chi connectivity index (χ2v) is 7.61. The van der Waals surface area contributed by atoms with E-state index in [1.165, 1.54) is 13.0 Å². The van der Waals surface area contributed by atoms with Crippen molar-refractivity contribution in [3.05, 3.63) is 33.3 Å². The summed E-state index contributed by atoms with van der Waals surface area (Å²) < 4.78 is 26.6. The van der Waals surface area contributed by atoms with Crippen LogP contribution in [0.3, 0.4) is 0 Å². The number of carboxylic acid groups (broad SMARTS) is 1. The minimum Gasteiger partial charge on any atom is -0.481 e. The molecule has 1 aromatic rings. The van der Waals surface area contributed by atoms with Crippen LogP contribution in [0.1, 0.15) is 19.8 Å². The highest BCUT2D eigenvalue weighted by atomic mass is 35.5. The largest absolute Gasteiger partial charge is 0.481 e. The van der Waals surface area contributed by atoms with Gasteiger partial charge in [0.2, 0.25) is 10.0 Å². The van der Waals surface area contributed by atoms with Gasteiger partial charge in [-0.1, -0.05) is 11.6 Å². The molecule has 0 aromatic heterocycles. The molecule has 1 heterocycles. The van der Waals surface area contributed by atoms with Gasteiger partial charge in [0.25, 0.3) is 5.69 Å². The maximum atomic E-state index is 12.8. The lowest BCUT2D eigenvalue weighted by atomic mass is 9.92. The van der Waals surface area contributed by atoms with E-state index in [0.717, 1.165) is 16.4 Å². The average Bonchev–Trinajstić information content (AvgIpc) is 2.46. The summed E-state index contributed by atoms with van der Waals surface area (Å²) in [5.41, 5.74) is -0.623. The molecule has 2 rings (SSSR count). The van der Waals surface area contributed by atoms with Gasteiger partial charge >= 0.3 is 5.97 Å². The number of nitro benzene ring substituents is 1. The lowest BCUT2D eigenvalue weighted by Gasteiger charge is -2.36. The van der Waals surface area contributed by atoms with Gasteiger partial charge in [0.15, 0.2) is 4.90 Å². The van der Waals surface area contributed by atoms with E-state index in [1.54, 1.807) is 0 Å². The SMILES string of the molecule is C[C@@H]1[C@H](C(=O)O)CCCN1S(=O)(=O)c1ccc(Cl)cc1[N+](=O)[O-]. The Bertz CT molecular complexity index is 751. The Morgan fingerprint density at radius 1 is 1.48 bits per heavy atom. The summed E-state index contributed by atoms with van der Waals surface area (Å²) in [5, 5.41) is 20.4. The Hall–Kier alpha value is -1.71. The summed E-state index contributed by atoms with van der Waals surface area (Å²) in [5.74, 6) is -1.92. The number of piperidine rings is 1. The molecule has 10 heteroatoms. The molecule has 2 atom stereocenters. The fourth-order valence-corrected chi connectivity index (χ4v) is 4.77. The van der Waals surface area contributed by atoms with Crippen molar-refractivity contribution >= 4 is 33.3 Å². The summed E-state index contributed by atoms with van der Waals surface area (Å²) in [6.07, 6.45) is 0.743. The second kappa shape index (κ2) is 6.42. The van der Waals surface area contributed by atoms with Crippen molar-refractivity contribution in [1.82, 2.24) is 4.31 Å². The van der Waals surface area contributed by atoms with Crippen LogP contribution < -0.4 is 0 Å². The molecule has 0 radical (unpaired) electrons. The van der Waals surface area contributed by atoms with Gasteiger partial charge in [-0.05, 0) is 31.9 Å². The molecule has 1 aromatic carbocycles. The van der Waals surface area contributed by atoms with Crippen molar-refractivity contribution < 1.29 is 23.2 Å². The molecular weight excluding hydrogens is 348 g/mol. The highest BCUT2D eigenvalue weighted by molar-refractivity contribution is 7.89. The molecule has 1 fully saturated rings. The number of nitro groups is 1. The van der Waals surface area contributed by atoms with Gasteiger partial charge in [0.1, 0.15) is 0 Å². The van der Waals surface area contributed by atoms with Crippen LogP contribution in [0.5, 0.6) is 0 Å². The molecule has 0 aliphatic carbocycles. The molecule has 8 nitrogen and oxygen atoms in total. The van der Waals surface area contributed by atoms with Gasteiger partial charge in [-0.2, -0.15) is 4.31 Å². The van der Waals surface area contributed by atoms with Gasteiger partial charge < -0.3 is 5.11 Å². The predicted molar refractivity (Wildman–Crippen MR) is 81.8 cm³/mol. The van der Waals surface area contributed by atoms with Crippen molar-refractivity contribution in [2.75, 3.05) is 6.54 Å². The van der Waals surface area contributed by atoms with E-state index < -0.39 is 43.5 Å². The minimum atomic E-state index is -4.20. The predicted octanol–water partition coefficient (Wildman–Crippen LogP) is 2.12. The van der Waals surface area contributed by atoms with Gasteiger partial charge in [-0.3, -0.25) is 14.9 Å². The van der Waals surface area contributed by atoms with Gasteiger partial charge in [-0.15, -0.1) is 0 Å². The van der Waals surface area contributed by atoms with E-state index in [-0.39, 0.29) is 11.6 Å². The van der Waals surface area contributed by atoms with E-state index in [0.29, 0.717) is 12.8 Å². The van der Waals surface area contributed by atoms with Crippen molar-refractivity contribution in [1.29, 1.82) is 0 Å². The number of rotatable bonds is 4. The zero-order chi connectivity index (χ0) is 17.4. The second-order valence-electron chi connectivity index (χ2n) is 5.31. The molecule has 0 saturated carbocycles. The average molecular weight is 363 g/mol. The molecular formula is C13H15ClN2O6S. The monoisotopic (exact) mass is 362 g/mol. The summed E-state index contributed by atoms with van der Waals surface area (Å²) in [7, 11) is -4.20. The maximum Gasteiger partial charge on any atom is 0.308 e. The van der Waals surface area contributed by atoms with Crippen molar-refractivity contribution in [3.63, 3.8) is 0 Å². The number of sulfonamides is 1. The summed E-state index contributed by atoms with van der Waals surface area (Å²) >= 11 is 5.70. The molecule has 126 valence electrons. The summed E-state index contributed by atoms with van der Waals surface area (Å²) in [6.45, 7) is 1.62. The first-order chi connectivity index (χ1) is 10.7. The zero-order valence-corrected chi connectivity index (χ0v) is 13.7. The van der Waals surface area contributed by atoms with Crippen LogP contribution in [0.25, 0.3) is 0 Å². The first kappa shape index (κ1) is 17.6. The van der Waals surface area contributed by atoms with Crippen LogP contribution >= 0.6 is 11.6 Å². The van der Waals surface area contributed by atoms with E-state index in [9.17, 15) is 28.4 Å².